The van der Waals surface area contributed by atoms with Crippen molar-refractivity contribution in [1.82, 2.24) is 5.32 Å². The van der Waals surface area contributed by atoms with Gasteiger partial charge in [0.2, 0.25) is 5.75 Å². The molecule has 3 rings (SSSR count). The molecule has 1 N–H and O–H groups in total. The molecule has 2 unspecified atom stereocenters. The van der Waals surface area contributed by atoms with Gasteiger partial charge < -0.3 is 10.2 Å². The number of carbonyl (C=O) groups excluding carboxylic acids is 1. The second kappa shape index (κ2) is 9.95. The van der Waals surface area contributed by atoms with E-state index in [2.05, 4.69) is 10.5 Å². The van der Waals surface area contributed by atoms with E-state index >= 15 is 0 Å². The molecule has 0 bridgehead atoms. The van der Waals surface area contributed by atoms with Crippen LogP contribution in [0, 0.1) is 6.92 Å². The number of hydrogen-bond donors (Lipinski definition) is 1. The van der Waals surface area contributed by atoms with E-state index in [1.54, 1.807) is 19.9 Å². The lowest BCUT2D eigenvalue weighted by molar-refractivity contribution is -0.275. The molecular formula is C22H20Cl2F3N2O3S+. The van der Waals surface area contributed by atoms with Crippen molar-refractivity contribution in [3.8, 4) is 0 Å². The van der Waals surface area contributed by atoms with Crippen LogP contribution in [0.15, 0.2) is 41.6 Å². The number of halogens is 5. The van der Waals surface area contributed by atoms with Gasteiger partial charge >= 0.3 is 17.8 Å². The van der Waals surface area contributed by atoms with Crippen molar-refractivity contribution in [3.05, 3.63) is 68.7 Å². The van der Waals surface area contributed by atoms with Gasteiger partial charge in [0.05, 0.1) is 5.71 Å². The van der Waals surface area contributed by atoms with Gasteiger partial charge in [-0.05, 0) is 55.3 Å². The summed E-state index contributed by atoms with van der Waals surface area (Å²) in [6.45, 7) is 3.47. The lowest BCUT2D eigenvalue weighted by atomic mass is 9.86. The predicted molar refractivity (Wildman–Crippen MR) is 122 cm³/mol. The number of hydrogen-bond acceptors (Lipinski definition) is 4. The van der Waals surface area contributed by atoms with Crippen molar-refractivity contribution in [3.63, 3.8) is 0 Å². The number of oxime groups is 1. The van der Waals surface area contributed by atoms with Crippen LogP contribution in [0.1, 0.15) is 46.8 Å². The van der Waals surface area contributed by atoms with Gasteiger partial charge in [0.15, 0.2) is 0 Å². The fourth-order valence-corrected chi connectivity index (χ4v) is 4.52. The highest BCUT2D eigenvalue weighted by Crippen LogP contribution is 2.49. The topological polar surface area (TPSA) is 67.8 Å². The van der Waals surface area contributed by atoms with Crippen LogP contribution < -0.4 is 5.32 Å². The van der Waals surface area contributed by atoms with Crippen LogP contribution in [0.4, 0.5) is 13.2 Å². The van der Waals surface area contributed by atoms with Crippen LogP contribution in [-0.4, -0.2) is 29.6 Å². The van der Waals surface area contributed by atoms with Crippen molar-refractivity contribution >= 4 is 46.5 Å². The maximum Gasteiger partial charge on any atom is 0.458 e. The predicted octanol–water partition coefficient (Wildman–Crippen LogP) is 5.82. The summed E-state index contributed by atoms with van der Waals surface area (Å²) in [5.41, 5.74) is -1.55. The number of nitrogens with one attached hydrogen (secondary N) is 1. The van der Waals surface area contributed by atoms with Crippen molar-refractivity contribution in [2.75, 3.05) is 5.75 Å². The second-order valence-electron chi connectivity index (χ2n) is 7.80. The first kappa shape index (κ1) is 25.4. The number of carbonyl (C=O) groups is 1. The Labute approximate surface area is 202 Å². The molecule has 1 aliphatic heterocycles. The van der Waals surface area contributed by atoms with E-state index in [4.69, 9.17) is 28.0 Å². The number of alkyl halides is 3. The molecule has 11 heteroatoms. The molecule has 2 aromatic carbocycles. The zero-order valence-corrected chi connectivity index (χ0v) is 20.0. The Balaban J connectivity index is 1.85. The Kier molecular flexibility index (Phi) is 7.65. The van der Waals surface area contributed by atoms with Gasteiger partial charge in [0, 0.05) is 44.3 Å². The number of aryl methyl sites for hydroxylation is 1. The molecular weight excluding hydrogens is 500 g/mol. The summed E-state index contributed by atoms with van der Waals surface area (Å²) in [7, 11) is 0. The summed E-state index contributed by atoms with van der Waals surface area (Å²) in [6, 6.07) is 8.10. The van der Waals surface area contributed by atoms with Crippen molar-refractivity contribution in [2.45, 2.75) is 44.5 Å². The van der Waals surface area contributed by atoms with Crippen LogP contribution in [0.3, 0.4) is 0 Å². The fraction of sp³-hybridized carbons (Fsp3) is 0.364. The molecule has 0 radical (unpaired) electrons. The fourth-order valence-electron chi connectivity index (χ4n) is 3.54. The first-order chi connectivity index (χ1) is 15.5. The summed E-state index contributed by atoms with van der Waals surface area (Å²) >= 11 is 12.3. The van der Waals surface area contributed by atoms with Gasteiger partial charge in [-0.2, -0.15) is 13.2 Å². The highest BCUT2D eigenvalue weighted by molar-refractivity contribution is 7.65. The minimum atomic E-state index is -4.79. The SMILES string of the molecule is Cc1cc(C2=NOC(c3cc(Cl)cc(Cl)c3)(C(F)(F)F)C2)ccc1C(=O)NC(C)CC[S+]=O. The lowest BCUT2D eigenvalue weighted by Gasteiger charge is -2.29. The van der Waals surface area contributed by atoms with E-state index in [-0.39, 0.29) is 33.3 Å². The largest absolute Gasteiger partial charge is 0.458 e. The third-order valence-electron chi connectivity index (χ3n) is 5.33. The molecule has 1 amide bonds. The van der Waals surface area contributed by atoms with Gasteiger partial charge in [0.1, 0.15) is 0 Å². The highest BCUT2D eigenvalue weighted by atomic mass is 35.5. The lowest BCUT2D eigenvalue weighted by Crippen LogP contribution is -2.42. The van der Waals surface area contributed by atoms with Crippen LogP contribution in [-0.2, 0) is 26.3 Å². The molecule has 0 aliphatic carbocycles. The zero-order valence-electron chi connectivity index (χ0n) is 17.6. The van der Waals surface area contributed by atoms with E-state index in [1.165, 1.54) is 18.2 Å². The second-order valence-corrected chi connectivity index (χ2v) is 9.32. The van der Waals surface area contributed by atoms with Crippen LogP contribution in [0.2, 0.25) is 10.0 Å². The maximum absolute atomic E-state index is 14.2. The molecule has 176 valence electrons. The van der Waals surface area contributed by atoms with Crippen LogP contribution in [0.5, 0.6) is 0 Å². The van der Waals surface area contributed by atoms with Gasteiger partial charge in [-0.15, -0.1) is 0 Å². The Bertz CT molecular complexity index is 1090. The summed E-state index contributed by atoms with van der Waals surface area (Å²) < 4.78 is 53.0. The summed E-state index contributed by atoms with van der Waals surface area (Å²) in [5, 5.41) is 6.64. The maximum atomic E-state index is 14.2. The molecule has 5 nitrogen and oxygen atoms in total. The van der Waals surface area contributed by atoms with Crippen LogP contribution in [0.25, 0.3) is 0 Å². The average molecular weight is 520 g/mol. The Morgan fingerprint density at radius 3 is 2.48 bits per heavy atom. The third kappa shape index (κ3) is 5.47. The Morgan fingerprint density at radius 1 is 1.24 bits per heavy atom. The van der Waals surface area contributed by atoms with E-state index < -0.39 is 18.2 Å². The molecule has 0 saturated carbocycles. The number of benzene rings is 2. The third-order valence-corrected chi connectivity index (χ3v) is 6.17. The molecule has 1 heterocycles. The summed E-state index contributed by atoms with van der Waals surface area (Å²) in [5.74, 6) is 0.0445. The molecule has 0 saturated heterocycles. The average Bonchev–Trinajstić information content (AvgIpc) is 3.18. The van der Waals surface area contributed by atoms with Gasteiger partial charge in [-0.3, -0.25) is 4.79 Å². The molecule has 2 aromatic rings. The minimum Gasteiger partial charge on any atom is -0.374 e. The summed E-state index contributed by atoms with van der Waals surface area (Å²) in [6.07, 6.45) is -4.85. The van der Waals surface area contributed by atoms with Crippen molar-refractivity contribution in [2.24, 2.45) is 5.16 Å². The first-order valence-electron chi connectivity index (χ1n) is 9.92. The van der Waals surface area contributed by atoms with Crippen molar-refractivity contribution < 1.29 is 27.0 Å². The molecule has 0 spiro atoms. The number of amides is 1. The molecule has 0 aromatic heterocycles. The number of rotatable bonds is 7. The van der Waals surface area contributed by atoms with Gasteiger partial charge in [0.25, 0.3) is 11.5 Å². The normalized spacial score (nSPS) is 18.9. The Morgan fingerprint density at radius 2 is 1.91 bits per heavy atom. The molecule has 33 heavy (non-hydrogen) atoms. The molecule has 1 aliphatic rings. The quantitative estimate of drug-likeness (QED) is 0.468. The van der Waals surface area contributed by atoms with E-state index in [0.29, 0.717) is 40.5 Å². The summed E-state index contributed by atoms with van der Waals surface area (Å²) in [4.78, 5) is 17.5. The van der Waals surface area contributed by atoms with Crippen molar-refractivity contribution in [1.29, 1.82) is 0 Å². The standard InChI is InChI=1S/C22H19Cl2F3N2O3S/c1-12-7-14(3-4-18(12)20(30)28-13(2)5-6-33-31)19-11-21(32-29-19,22(25,26)27)15-8-16(23)10-17(24)9-15/h3-4,7-10,13H,5-6,11H2,1-2H3/p+1. The molecule has 0 fully saturated rings. The minimum absolute atomic E-state index is 0.0486. The van der Waals surface area contributed by atoms with E-state index in [1.807, 2.05) is 0 Å². The Hall–Kier alpha value is -2.23. The van der Waals surface area contributed by atoms with Crippen LogP contribution >= 0.6 is 23.2 Å². The highest BCUT2D eigenvalue weighted by Gasteiger charge is 2.62. The van der Waals surface area contributed by atoms with Gasteiger partial charge in [-0.25, -0.2) is 0 Å². The number of nitrogens with zero attached hydrogens (tertiary/aromatic N) is 1. The van der Waals surface area contributed by atoms with E-state index in [0.717, 1.165) is 12.1 Å². The van der Waals surface area contributed by atoms with E-state index in [9.17, 15) is 22.2 Å². The van der Waals surface area contributed by atoms with Gasteiger partial charge in [-0.1, -0.05) is 34.4 Å². The zero-order chi connectivity index (χ0) is 24.4. The smallest absolute Gasteiger partial charge is 0.374 e. The first-order valence-corrected chi connectivity index (χ1v) is 11.6. The monoisotopic (exact) mass is 519 g/mol. The molecule has 2 atom stereocenters.